The number of rotatable bonds is 1. The maximum Gasteiger partial charge on any atom is 0.182 e. The van der Waals surface area contributed by atoms with Crippen molar-refractivity contribution in [1.82, 2.24) is 18.8 Å². The standard InChI is InChI=1S/C32H20N4/c1-2-10-21(11-3-1)22-18-19-24-23-12-4-7-15-27(23)35-28-16-8-5-13-25(28)33-31(35)32-34-26-14-6-9-17-29(26)36(32)30(24)20-22/h1-20H. The molecule has 0 aliphatic carbocycles. The molecule has 5 aromatic carbocycles. The summed E-state index contributed by atoms with van der Waals surface area (Å²) in [5.41, 5.74) is 10.3. The number of para-hydroxylation sites is 5. The van der Waals surface area contributed by atoms with Gasteiger partial charge in [-0.3, -0.25) is 8.80 Å². The Bertz CT molecular complexity index is 2150. The van der Waals surface area contributed by atoms with Gasteiger partial charge in [0, 0.05) is 10.8 Å². The highest BCUT2D eigenvalue weighted by atomic mass is 15.1. The Hall–Kier alpha value is -4.96. The first-order chi connectivity index (χ1) is 17.9. The lowest BCUT2D eigenvalue weighted by Gasteiger charge is -2.10. The zero-order chi connectivity index (χ0) is 23.6. The predicted octanol–water partition coefficient (Wildman–Crippen LogP) is 7.82. The highest BCUT2D eigenvalue weighted by Gasteiger charge is 2.16. The van der Waals surface area contributed by atoms with E-state index in [1.807, 2.05) is 12.1 Å². The molecule has 0 unspecified atom stereocenters. The SMILES string of the molecule is c1ccc(-c2ccc3c4ccccc4n4c5ccccc5nc4c4nc5ccccc5n4c3c2)cc1. The van der Waals surface area contributed by atoms with E-state index < -0.39 is 0 Å². The molecule has 0 saturated heterocycles. The molecule has 0 atom stereocenters. The van der Waals surface area contributed by atoms with Crippen LogP contribution >= 0.6 is 0 Å². The van der Waals surface area contributed by atoms with Crippen molar-refractivity contribution in [2.45, 2.75) is 0 Å². The van der Waals surface area contributed by atoms with Gasteiger partial charge in [-0.25, -0.2) is 9.97 Å². The maximum atomic E-state index is 5.15. The first-order valence-electron chi connectivity index (χ1n) is 12.1. The van der Waals surface area contributed by atoms with Gasteiger partial charge in [-0.2, -0.15) is 0 Å². The molecule has 4 heteroatoms. The summed E-state index contributed by atoms with van der Waals surface area (Å²) in [6.07, 6.45) is 0. The summed E-state index contributed by atoms with van der Waals surface area (Å²) < 4.78 is 4.54. The molecule has 0 bridgehead atoms. The van der Waals surface area contributed by atoms with Gasteiger partial charge in [-0.05, 0) is 47.5 Å². The minimum absolute atomic E-state index is 0.841. The quantitative estimate of drug-likeness (QED) is 0.250. The highest BCUT2D eigenvalue weighted by Crippen LogP contribution is 2.33. The second-order valence-corrected chi connectivity index (χ2v) is 9.13. The Morgan fingerprint density at radius 3 is 1.61 bits per heavy atom. The van der Waals surface area contributed by atoms with Crippen LogP contribution in [0.15, 0.2) is 121 Å². The molecule has 0 saturated carbocycles. The second-order valence-electron chi connectivity index (χ2n) is 9.13. The smallest absolute Gasteiger partial charge is 0.182 e. The summed E-state index contributed by atoms with van der Waals surface area (Å²) in [6.45, 7) is 0. The van der Waals surface area contributed by atoms with E-state index in [0.717, 1.165) is 49.8 Å². The molecule has 168 valence electrons. The number of hydrogen-bond donors (Lipinski definition) is 0. The summed E-state index contributed by atoms with van der Waals surface area (Å²) in [4.78, 5) is 10.3. The summed E-state index contributed by atoms with van der Waals surface area (Å²) in [5, 5.41) is 2.33. The number of fused-ring (bicyclic) bond motifs is 12. The van der Waals surface area contributed by atoms with E-state index in [2.05, 4.69) is 118 Å². The zero-order valence-electron chi connectivity index (χ0n) is 19.3. The second kappa shape index (κ2) is 7.27. The van der Waals surface area contributed by atoms with Crippen LogP contribution in [0.25, 0.3) is 66.3 Å². The van der Waals surface area contributed by atoms with Gasteiger partial charge < -0.3 is 0 Å². The molecular weight excluding hydrogens is 440 g/mol. The molecule has 0 amide bonds. The number of imidazole rings is 2. The first-order valence-corrected chi connectivity index (χ1v) is 12.1. The van der Waals surface area contributed by atoms with Gasteiger partial charge in [0.1, 0.15) is 0 Å². The molecule has 4 nitrogen and oxygen atoms in total. The average molecular weight is 461 g/mol. The number of nitrogens with zero attached hydrogens (tertiary/aromatic N) is 4. The van der Waals surface area contributed by atoms with E-state index in [4.69, 9.17) is 9.97 Å². The monoisotopic (exact) mass is 460 g/mol. The average Bonchev–Trinajstić information content (AvgIpc) is 3.51. The van der Waals surface area contributed by atoms with Gasteiger partial charge in [-0.1, -0.05) is 84.9 Å². The van der Waals surface area contributed by atoms with Crippen molar-refractivity contribution in [1.29, 1.82) is 0 Å². The largest absolute Gasteiger partial charge is 0.289 e. The van der Waals surface area contributed by atoms with Crippen LogP contribution in [-0.2, 0) is 0 Å². The summed E-state index contributed by atoms with van der Waals surface area (Å²) in [5.74, 6) is 0. The van der Waals surface area contributed by atoms with Crippen molar-refractivity contribution in [3.05, 3.63) is 121 Å². The lowest BCUT2D eigenvalue weighted by molar-refractivity contribution is 1.25. The molecule has 0 aliphatic heterocycles. The minimum Gasteiger partial charge on any atom is -0.289 e. The normalized spacial score (nSPS) is 11.9. The molecular formula is C32H20N4. The summed E-state index contributed by atoms with van der Waals surface area (Å²) >= 11 is 0. The Morgan fingerprint density at radius 1 is 0.389 bits per heavy atom. The summed E-state index contributed by atoms with van der Waals surface area (Å²) in [6, 6.07) is 42.6. The van der Waals surface area contributed by atoms with E-state index in [0.29, 0.717) is 0 Å². The van der Waals surface area contributed by atoms with Crippen LogP contribution in [0, 0.1) is 0 Å². The lowest BCUT2D eigenvalue weighted by atomic mass is 10.0. The highest BCUT2D eigenvalue weighted by molar-refractivity contribution is 6.08. The van der Waals surface area contributed by atoms with Crippen LogP contribution < -0.4 is 0 Å². The Balaban J connectivity index is 1.74. The molecule has 8 rings (SSSR count). The van der Waals surface area contributed by atoms with Gasteiger partial charge in [0.15, 0.2) is 11.3 Å². The molecule has 36 heavy (non-hydrogen) atoms. The van der Waals surface area contributed by atoms with E-state index in [1.165, 1.54) is 16.5 Å². The van der Waals surface area contributed by atoms with Gasteiger partial charge in [0.2, 0.25) is 0 Å². The summed E-state index contributed by atoms with van der Waals surface area (Å²) in [7, 11) is 0. The predicted molar refractivity (Wildman–Crippen MR) is 148 cm³/mol. The lowest BCUT2D eigenvalue weighted by Crippen LogP contribution is -1.94. The van der Waals surface area contributed by atoms with Gasteiger partial charge in [0.05, 0.1) is 33.1 Å². The van der Waals surface area contributed by atoms with Crippen LogP contribution in [0.1, 0.15) is 0 Å². The number of aromatic nitrogens is 4. The van der Waals surface area contributed by atoms with Crippen LogP contribution in [0.3, 0.4) is 0 Å². The van der Waals surface area contributed by atoms with Crippen molar-refractivity contribution in [2.75, 3.05) is 0 Å². The molecule has 0 radical (unpaired) electrons. The van der Waals surface area contributed by atoms with E-state index in [-0.39, 0.29) is 0 Å². The molecule has 0 N–H and O–H groups in total. The maximum absolute atomic E-state index is 5.15. The fourth-order valence-electron chi connectivity index (χ4n) is 5.49. The number of hydrogen-bond acceptors (Lipinski definition) is 2. The Labute approximate surface area is 206 Å². The molecule has 8 aromatic rings. The van der Waals surface area contributed by atoms with Crippen LogP contribution in [-0.4, -0.2) is 18.8 Å². The molecule has 3 aromatic heterocycles. The molecule has 0 aliphatic rings. The molecule has 3 heterocycles. The fraction of sp³-hybridized carbons (Fsp3) is 0. The van der Waals surface area contributed by atoms with Gasteiger partial charge in [0.25, 0.3) is 0 Å². The zero-order valence-corrected chi connectivity index (χ0v) is 19.3. The Kier molecular flexibility index (Phi) is 3.91. The number of benzene rings is 5. The topological polar surface area (TPSA) is 34.6 Å². The van der Waals surface area contributed by atoms with Gasteiger partial charge in [-0.15, -0.1) is 0 Å². The first kappa shape index (κ1) is 19.4. The molecule has 0 fully saturated rings. The van der Waals surface area contributed by atoms with Crippen LogP contribution in [0.2, 0.25) is 0 Å². The van der Waals surface area contributed by atoms with Crippen molar-refractivity contribution in [3.63, 3.8) is 0 Å². The fourth-order valence-corrected chi connectivity index (χ4v) is 5.49. The molecule has 0 spiro atoms. The Morgan fingerprint density at radius 2 is 0.917 bits per heavy atom. The van der Waals surface area contributed by atoms with Crippen molar-refractivity contribution < 1.29 is 0 Å². The van der Waals surface area contributed by atoms with Crippen molar-refractivity contribution >= 4 is 55.2 Å². The van der Waals surface area contributed by atoms with E-state index >= 15 is 0 Å². The third kappa shape index (κ3) is 2.64. The van der Waals surface area contributed by atoms with Crippen molar-refractivity contribution in [3.8, 4) is 11.1 Å². The van der Waals surface area contributed by atoms with Gasteiger partial charge >= 0.3 is 0 Å². The minimum atomic E-state index is 0.841. The van der Waals surface area contributed by atoms with E-state index in [1.54, 1.807) is 0 Å². The van der Waals surface area contributed by atoms with Crippen LogP contribution in [0.5, 0.6) is 0 Å². The van der Waals surface area contributed by atoms with Crippen LogP contribution in [0.4, 0.5) is 0 Å². The third-order valence-electron chi connectivity index (χ3n) is 7.10. The van der Waals surface area contributed by atoms with Crippen molar-refractivity contribution in [2.24, 2.45) is 0 Å². The third-order valence-corrected chi connectivity index (χ3v) is 7.10. The van der Waals surface area contributed by atoms with E-state index in [9.17, 15) is 0 Å².